The van der Waals surface area contributed by atoms with Crippen molar-refractivity contribution in [1.82, 2.24) is 10.3 Å². The van der Waals surface area contributed by atoms with E-state index in [9.17, 15) is 24.3 Å². The van der Waals surface area contributed by atoms with E-state index in [0.717, 1.165) is 11.1 Å². The van der Waals surface area contributed by atoms with Crippen molar-refractivity contribution in [3.63, 3.8) is 0 Å². The van der Waals surface area contributed by atoms with Gasteiger partial charge in [-0.05, 0) is 50.2 Å². The molecule has 0 saturated carbocycles. The maximum absolute atomic E-state index is 13.0. The van der Waals surface area contributed by atoms with Crippen LogP contribution in [0.25, 0.3) is 0 Å². The van der Waals surface area contributed by atoms with Gasteiger partial charge in [0.25, 0.3) is 5.91 Å². The lowest BCUT2D eigenvalue weighted by Gasteiger charge is -2.23. The predicted octanol–water partition coefficient (Wildman–Crippen LogP) is 2.85. The summed E-state index contributed by atoms with van der Waals surface area (Å²) in [7, 11) is 0. The molecular formula is C26H24N2O7. The second-order valence-corrected chi connectivity index (χ2v) is 7.76. The fraction of sp³-hybridized carbons (Fsp3) is 0.192. The Morgan fingerprint density at radius 2 is 1.31 bits per heavy atom. The Balaban J connectivity index is 1.85. The van der Waals surface area contributed by atoms with Gasteiger partial charge < -0.3 is 19.9 Å². The zero-order valence-electron chi connectivity index (χ0n) is 19.1. The normalized spacial score (nSPS) is 12.2. The van der Waals surface area contributed by atoms with Gasteiger partial charge in [0.2, 0.25) is 12.2 Å². The van der Waals surface area contributed by atoms with Crippen molar-refractivity contribution < 1.29 is 33.8 Å². The van der Waals surface area contributed by atoms with Gasteiger partial charge in [0.1, 0.15) is 0 Å². The SMILES string of the molecule is Cc1ccc(C(=O)O[C@@H](C(=O)O)[C@@H](OC(=O)c2ccc(C)cc2)C(=O)NCc2ccccn2)cc1. The number of amides is 1. The molecule has 3 rings (SSSR count). The summed E-state index contributed by atoms with van der Waals surface area (Å²) in [4.78, 5) is 54.4. The Kier molecular flexibility index (Phi) is 8.29. The van der Waals surface area contributed by atoms with Gasteiger partial charge in [0.05, 0.1) is 23.4 Å². The molecule has 35 heavy (non-hydrogen) atoms. The first-order chi connectivity index (χ1) is 16.7. The third-order valence-corrected chi connectivity index (χ3v) is 4.99. The summed E-state index contributed by atoms with van der Waals surface area (Å²) in [6, 6.07) is 17.6. The Bertz CT molecular complexity index is 1190. The zero-order valence-corrected chi connectivity index (χ0v) is 19.1. The molecule has 2 aromatic carbocycles. The Morgan fingerprint density at radius 3 is 1.77 bits per heavy atom. The average molecular weight is 476 g/mol. The van der Waals surface area contributed by atoms with Crippen LogP contribution in [0, 0.1) is 13.8 Å². The van der Waals surface area contributed by atoms with E-state index in [4.69, 9.17) is 9.47 Å². The highest BCUT2D eigenvalue weighted by Crippen LogP contribution is 2.15. The molecule has 0 unspecified atom stereocenters. The van der Waals surface area contributed by atoms with Gasteiger partial charge in [-0.3, -0.25) is 9.78 Å². The van der Waals surface area contributed by atoms with Crippen LogP contribution >= 0.6 is 0 Å². The van der Waals surface area contributed by atoms with E-state index in [2.05, 4.69) is 10.3 Å². The van der Waals surface area contributed by atoms with Crippen molar-refractivity contribution in [2.45, 2.75) is 32.6 Å². The maximum Gasteiger partial charge on any atom is 0.349 e. The van der Waals surface area contributed by atoms with Crippen molar-refractivity contribution in [2.75, 3.05) is 0 Å². The Morgan fingerprint density at radius 1 is 0.800 bits per heavy atom. The number of pyridine rings is 1. The van der Waals surface area contributed by atoms with E-state index >= 15 is 0 Å². The van der Waals surface area contributed by atoms with Crippen LogP contribution in [0.5, 0.6) is 0 Å². The number of carbonyl (C=O) groups is 4. The van der Waals surface area contributed by atoms with Crippen LogP contribution in [0.2, 0.25) is 0 Å². The first-order valence-electron chi connectivity index (χ1n) is 10.7. The Labute approximate surface area is 201 Å². The quantitative estimate of drug-likeness (QED) is 0.451. The number of aromatic nitrogens is 1. The van der Waals surface area contributed by atoms with Crippen LogP contribution in [0.1, 0.15) is 37.5 Å². The van der Waals surface area contributed by atoms with Gasteiger partial charge in [0, 0.05) is 6.20 Å². The molecule has 3 aromatic rings. The van der Waals surface area contributed by atoms with E-state index < -0.39 is 36.0 Å². The third-order valence-electron chi connectivity index (χ3n) is 4.99. The number of esters is 2. The number of carboxylic acid groups (broad SMARTS) is 1. The molecule has 0 fully saturated rings. The third kappa shape index (κ3) is 6.97. The topological polar surface area (TPSA) is 132 Å². The summed E-state index contributed by atoms with van der Waals surface area (Å²) in [6.07, 6.45) is -2.53. The summed E-state index contributed by atoms with van der Waals surface area (Å²) in [5, 5.41) is 12.3. The second kappa shape index (κ2) is 11.6. The van der Waals surface area contributed by atoms with Crippen LogP contribution in [-0.4, -0.2) is 46.1 Å². The summed E-state index contributed by atoms with van der Waals surface area (Å²) < 4.78 is 10.4. The van der Waals surface area contributed by atoms with Crippen LogP contribution < -0.4 is 5.32 Å². The summed E-state index contributed by atoms with van der Waals surface area (Å²) >= 11 is 0. The lowest BCUT2D eigenvalue weighted by Crippen LogP contribution is -2.50. The standard InChI is InChI=1S/C26H24N2O7/c1-16-6-10-18(11-7-16)25(32)34-21(23(29)28-15-20-5-3-4-14-27-20)22(24(30)31)35-26(33)19-12-8-17(2)9-13-19/h3-14,21-22H,15H2,1-2H3,(H,28,29)(H,30,31)/t21-,22-/m1/s1. The molecule has 1 aromatic heterocycles. The number of nitrogens with zero attached hydrogens (tertiary/aromatic N) is 1. The van der Waals surface area contributed by atoms with E-state index in [1.54, 1.807) is 42.5 Å². The number of aliphatic carboxylic acids is 1. The van der Waals surface area contributed by atoms with E-state index in [0.29, 0.717) is 5.69 Å². The molecule has 0 saturated heterocycles. The minimum absolute atomic E-state index is 0.0590. The molecule has 0 bridgehead atoms. The molecule has 0 aliphatic carbocycles. The van der Waals surface area contributed by atoms with Crippen molar-refractivity contribution in [2.24, 2.45) is 0 Å². The van der Waals surface area contributed by atoms with Gasteiger partial charge in [-0.25, -0.2) is 14.4 Å². The minimum atomic E-state index is -2.10. The fourth-order valence-corrected chi connectivity index (χ4v) is 3.02. The van der Waals surface area contributed by atoms with Crippen LogP contribution in [0.3, 0.4) is 0 Å². The molecule has 0 spiro atoms. The molecule has 2 N–H and O–H groups in total. The minimum Gasteiger partial charge on any atom is -0.478 e. The van der Waals surface area contributed by atoms with Gasteiger partial charge in [0.15, 0.2) is 0 Å². The van der Waals surface area contributed by atoms with Crippen molar-refractivity contribution >= 4 is 23.8 Å². The fourth-order valence-electron chi connectivity index (χ4n) is 3.02. The average Bonchev–Trinajstić information content (AvgIpc) is 2.85. The van der Waals surface area contributed by atoms with Crippen LogP contribution in [0.15, 0.2) is 72.9 Å². The molecule has 1 heterocycles. The number of nitrogens with one attached hydrogen (secondary N) is 1. The van der Waals surface area contributed by atoms with Gasteiger partial charge in [-0.2, -0.15) is 0 Å². The van der Waals surface area contributed by atoms with Gasteiger partial charge >= 0.3 is 17.9 Å². The number of carboxylic acids is 1. The molecule has 9 heteroatoms. The molecule has 9 nitrogen and oxygen atoms in total. The highest BCUT2D eigenvalue weighted by Gasteiger charge is 2.40. The lowest BCUT2D eigenvalue weighted by molar-refractivity contribution is -0.159. The van der Waals surface area contributed by atoms with Crippen molar-refractivity contribution in [3.8, 4) is 0 Å². The lowest BCUT2D eigenvalue weighted by atomic mass is 10.1. The molecule has 0 aliphatic heterocycles. The summed E-state index contributed by atoms with van der Waals surface area (Å²) in [5.74, 6) is -4.53. The number of aryl methyl sites for hydroxylation is 2. The maximum atomic E-state index is 13.0. The van der Waals surface area contributed by atoms with Crippen LogP contribution in [0.4, 0.5) is 0 Å². The van der Waals surface area contributed by atoms with Crippen LogP contribution in [-0.2, 0) is 25.6 Å². The molecule has 2 atom stereocenters. The van der Waals surface area contributed by atoms with E-state index in [-0.39, 0.29) is 17.7 Å². The smallest absolute Gasteiger partial charge is 0.349 e. The molecule has 1 amide bonds. The number of rotatable bonds is 9. The largest absolute Gasteiger partial charge is 0.478 e. The molecule has 180 valence electrons. The number of hydrogen-bond donors (Lipinski definition) is 2. The molecule has 0 radical (unpaired) electrons. The molecule has 0 aliphatic rings. The van der Waals surface area contributed by atoms with E-state index in [1.165, 1.54) is 30.5 Å². The monoisotopic (exact) mass is 476 g/mol. The number of hydrogen-bond acceptors (Lipinski definition) is 7. The number of ether oxygens (including phenoxy) is 2. The summed E-state index contributed by atoms with van der Waals surface area (Å²) in [6.45, 7) is 3.59. The number of benzene rings is 2. The Hall–Kier alpha value is -4.53. The zero-order chi connectivity index (χ0) is 25.4. The van der Waals surface area contributed by atoms with Crippen molar-refractivity contribution in [1.29, 1.82) is 0 Å². The van der Waals surface area contributed by atoms with Gasteiger partial charge in [-0.1, -0.05) is 41.5 Å². The predicted molar refractivity (Wildman–Crippen MR) is 124 cm³/mol. The van der Waals surface area contributed by atoms with Gasteiger partial charge in [-0.15, -0.1) is 0 Å². The highest BCUT2D eigenvalue weighted by molar-refractivity contribution is 5.96. The first-order valence-corrected chi connectivity index (χ1v) is 10.7. The first kappa shape index (κ1) is 25.1. The second-order valence-electron chi connectivity index (χ2n) is 7.76. The number of carbonyl (C=O) groups excluding carboxylic acids is 3. The van der Waals surface area contributed by atoms with Crippen molar-refractivity contribution in [3.05, 3.63) is 101 Å². The summed E-state index contributed by atoms with van der Waals surface area (Å²) in [5.41, 5.74) is 2.45. The molecular weight excluding hydrogens is 452 g/mol. The van der Waals surface area contributed by atoms with E-state index in [1.807, 2.05) is 13.8 Å². The highest BCUT2D eigenvalue weighted by atomic mass is 16.6.